The normalized spacial score (nSPS) is 12.5. The fourth-order valence-electron chi connectivity index (χ4n) is 9.94. The van der Waals surface area contributed by atoms with Gasteiger partial charge < -0.3 is 24.2 Å². The van der Waals surface area contributed by atoms with Crippen molar-refractivity contribution >= 4 is 17.8 Å². The lowest BCUT2D eigenvalue weighted by atomic mass is 9.95. The van der Waals surface area contributed by atoms with Crippen LogP contribution in [0, 0.1) is 11.8 Å². The van der Waals surface area contributed by atoms with Crippen molar-refractivity contribution in [3.05, 3.63) is 0 Å². The number of nitrogens with zero attached hydrogens (tertiary/aromatic N) is 3. The third-order valence-corrected chi connectivity index (χ3v) is 15.0. The second-order valence-electron chi connectivity index (χ2n) is 22.1. The van der Waals surface area contributed by atoms with Crippen molar-refractivity contribution in [2.75, 3.05) is 66.6 Å². The standard InChI is InChI=1S/C62H123N3O5/c1-8-13-18-23-26-34-45-58(43-32-21-16-11-4)56-69-61(67)48-37-30-41-52-65(55-54-63(6)50-39-29-36-47-60(66)64(7)51-40-28-25-20-15-10-3)53-42-31-38-49-62(68)70-57-59(44-33-22-17-12-5)46-35-27-24-19-14-9-2/h58-59H,8-57H2,1-7H3. The summed E-state index contributed by atoms with van der Waals surface area (Å²) in [6.07, 6.45) is 49.2. The molecule has 0 aliphatic carbocycles. The molecule has 0 saturated heterocycles. The van der Waals surface area contributed by atoms with Crippen molar-refractivity contribution in [1.82, 2.24) is 14.7 Å². The van der Waals surface area contributed by atoms with Gasteiger partial charge in [0.1, 0.15) is 0 Å². The Morgan fingerprint density at radius 3 is 1.06 bits per heavy atom. The quantitative estimate of drug-likeness (QED) is 0.0444. The zero-order chi connectivity index (χ0) is 51.4. The molecule has 0 aliphatic rings. The van der Waals surface area contributed by atoms with Crippen LogP contribution in [-0.4, -0.2) is 99.1 Å². The SMILES string of the molecule is CCCCCCCCC(CCCCCC)COC(=O)CCCCCN(CCCCCC(=O)OCC(CCCCCC)CCCCCCCC)CCN(C)CCCCCC(=O)N(C)CCCCCCCC. The smallest absolute Gasteiger partial charge is 0.305 e. The Morgan fingerprint density at radius 1 is 0.329 bits per heavy atom. The van der Waals surface area contributed by atoms with Crippen LogP contribution in [0.25, 0.3) is 0 Å². The Hall–Kier alpha value is -1.67. The molecule has 8 heteroatoms. The van der Waals surface area contributed by atoms with Gasteiger partial charge in [-0.25, -0.2) is 0 Å². The lowest BCUT2D eigenvalue weighted by Crippen LogP contribution is -2.35. The number of hydrogen-bond donors (Lipinski definition) is 0. The molecular formula is C62H123N3O5. The predicted molar refractivity (Wildman–Crippen MR) is 303 cm³/mol. The van der Waals surface area contributed by atoms with E-state index in [4.69, 9.17) is 9.47 Å². The molecule has 0 spiro atoms. The maximum Gasteiger partial charge on any atom is 0.305 e. The molecule has 0 heterocycles. The largest absolute Gasteiger partial charge is 0.465 e. The minimum Gasteiger partial charge on any atom is -0.465 e. The Morgan fingerprint density at radius 2 is 0.643 bits per heavy atom. The zero-order valence-electron chi connectivity index (χ0n) is 48.4. The molecule has 1 amide bonds. The monoisotopic (exact) mass is 990 g/mol. The summed E-state index contributed by atoms with van der Waals surface area (Å²) < 4.78 is 11.8. The average Bonchev–Trinajstić information content (AvgIpc) is 3.35. The first-order chi connectivity index (χ1) is 34.2. The summed E-state index contributed by atoms with van der Waals surface area (Å²) >= 11 is 0. The summed E-state index contributed by atoms with van der Waals surface area (Å²) in [5.74, 6) is 1.30. The van der Waals surface area contributed by atoms with E-state index in [2.05, 4.69) is 51.5 Å². The molecule has 2 atom stereocenters. The zero-order valence-corrected chi connectivity index (χ0v) is 48.4. The molecule has 0 N–H and O–H groups in total. The number of carbonyl (C=O) groups is 3. The van der Waals surface area contributed by atoms with Crippen LogP contribution in [0.3, 0.4) is 0 Å². The highest BCUT2D eigenvalue weighted by Crippen LogP contribution is 2.22. The fourth-order valence-corrected chi connectivity index (χ4v) is 9.94. The van der Waals surface area contributed by atoms with E-state index in [0.29, 0.717) is 50.2 Å². The van der Waals surface area contributed by atoms with Crippen LogP contribution < -0.4 is 0 Å². The maximum atomic E-state index is 12.9. The van der Waals surface area contributed by atoms with Crippen molar-refractivity contribution in [2.45, 2.75) is 304 Å². The highest BCUT2D eigenvalue weighted by Gasteiger charge is 2.15. The molecule has 2 unspecified atom stereocenters. The van der Waals surface area contributed by atoms with Crippen molar-refractivity contribution in [3.8, 4) is 0 Å². The van der Waals surface area contributed by atoms with Crippen LogP contribution in [-0.2, 0) is 23.9 Å². The summed E-state index contributed by atoms with van der Waals surface area (Å²) in [6, 6.07) is 0. The highest BCUT2D eigenvalue weighted by molar-refractivity contribution is 5.75. The molecule has 0 aromatic rings. The van der Waals surface area contributed by atoms with E-state index in [9.17, 15) is 14.4 Å². The Kier molecular flexibility index (Phi) is 52.3. The molecule has 0 saturated carbocycles. The van der Waals surface area contributed by atoms with E-state index in [0.717, 1.165) is 103 Å². The molecule has 0 bridgehead atoms. The van der Waals surface area contributed by atoms with E-state index in [1.165, 1.54) is 186 Å². The summed E-state index contributed by atoms with van der Waals surface area (Å²) in [6.45, 7) is 18.6. The molecule has 0 rings (SSSR count). The van der Waals surface area contributed by atoms with Crippen LogP contribution in [0.1, 0.15) is 304 Å². The molecule has 0 fully saturated rings. The van der Waals surface area contributed by atoms with Crippen molar-refractivity contribution < 1.29 is 23.9 Å². The molecule has 0 radical (unpaired) electrons. The van der Waals surface area contributed by atoms with E-state index < -0.39 is 0 Å². The molecule has 0 aromatic heterocycles. The van der Waals surface area contributed by atoms with Crippen LogP contribution in [0.5, 0.6) is 0 Å². The first kappa shape index (κ1) is 68.3. The van der Waals surface area contributed by atoms with Crippen LogP contribution in [0.15, 0.2) is 0 Å². The third-order valence-electron chi connectivity index (χ3n) is 15.0. The van der Waals surface area contributed by atoms with E-state index in [1.807, 2.05) is 11.9 Å². The van der Waals surface area contributed by atoms with Gasteiger partial charge in [0.15, 0.2) is 0 Å². The van der Waals surface area contributed by atoms with E-state index in [-0.39, 0.29) is 11.9 Å². The summed E-state index contributed by atoms with van der Waals surface area (Å²) in [5, 5.41) is 0. The number of esters is 2. The molecular weight excluding hydrogens is 867 g/mol. The van der Waals surface area contributed by atoms with Gasteiger partial charge in [-0.05, 0) is 109 Å². The van der Waals surface area contributed by atoms with Crippen molar-refractivity contribution in [1.29, 1.82) is 0 Å². The number of carbonyl (C=O) groups excluding carboxylic acids is 3. The minimum absolute atomic E-state index is 0.0108. The van der Waals surface area contributed by atoms with Gasteiger partial charge in [-0.2, -0.15) is 0 Å². The first-order valence-electron chi connectivity index (χ1n) is 31.2. The van der Waals surface area contributed by atoms with Crippen LogP contribution in [0.2, 0.25) is 0 Å². The first-order valence-corrected chi connectivity index (χ1v) is 31.2. The molecule has 0 aromatic carbocycles. The van der Waals surface area contributed by atoms with Gasteiger partial charge in [0.05, 0.1) is 13.2 Å². The Labute approximate surface area is 437 Å². The van der Waals surface area contributed by atoms with Gasteiger partial charge >= 0.3 is 11.9 Å². The van der Waals surface area contributed by atoms with Crippen molar-refractivity contribution in [2.24, 2.45) is 11.8 Å². The van der Waals surface area contributed by atoms with Crippen LogP contribution >= 0.6 is 0 Å². The molecule has 70 heavy (non-hydrogen) atoms. The van der Waals surface area contributed by atoms with E-state index >= 15 is 0 Å². The van der Waals surface area contributed by atoms with Gasteiger partial charge in [0, 0.05) is 45.9 Å². The number of unbranched alkanes of at least 4 members (excludes halogenated alkanes) is 27. The minimum atomic E-state index is -0.0108. The van der Waals surface area contributed by atoms with Gasteiger partial charge in [0.25, 0.3) is 0 Å². The lowest BCUT2D eigenvalue weighted by molar-refractivity contribution is -0.146. The molecule has 8 nitrogen and oxygen atoms in total. The van der Waals surface area contributed by atoms with E-state index in [1.54, 1.807) is 0 Å². The van der Waals surface area contributed by atoms with Gasteiger partial charge in [0.2, 0.25) is 5.91 Å². The third kappa shape index (κ3) is 47.3. The molecule has 0 aliphatic heterocycles. The number of ether oxygens (including phenoxy) is 2. The Bertz CT molecular complexity index is 1060. The highest BCUT2D eigenvalue weighted by atomic mass is 16.5. The van der Waals surface area contributed by atoms with Gasteiger partial charge in [-0.1, -0.05) is 214 Å². The van der Waals surface area contributed by atoms with Gasteiger partial charge in [-0.3, -0.25) is 14.4 Å². The number of hydrogen-bond acceptors (Lipinski definition) is 7. The number of amides is 1. The summed E-state index contributed by atoms with van der Waals surface area (Å²) in [7, 11) is 4.21. The average molecular weight is 991 g/mol. The molecule has 416 valence electrons. The summed E-state index contributed by atoms with van der Waals surface area (Å²) in [4.78, 5) is 45.5. The number of likely N-dealkylation sites (N-methyl/N-ethyl adjacent to an activating group) is 1. The maximum absolute atomic E-state index is 12.9. The predicted octanol–water partition coefficient (Wildman–Crippen LogP) is 17.5. The second kappa shape index (κ2) is 53.6. The lowest BCUT2D eigenvalue weighted by Gasteiger charge is -2.26. The van der Waals surface area contributed by atoms with Crippen molar-refractivity contribution in [3.63, 3.8) is 0 Å². The second-order valence-corrected chi connectivity index (χ2v) is 22.1. The van der Waals surface area contributed by atoms with Gasteiger partial charge in [-0.15, -0.1) is 0 Å². The van der Waals surface area contributed by atoms with Crippen LogP contribution in [0.4, 0.5) is 0 Å². The topological polar surface area (TPSA) is 79.4 Å². The Balaban J connectivity index is 4.95. The fraction of sp³-hybridized carbons (Fsp3) is 0.952. The number of rotatable bonds is 56. The summed E-state index contributed by atoms with van der Waals surface area (Å²) in [5.41, 5.74) is 0.